The summed E-state index contributed by atoms with van der Waals surface area (Å²) in [5.41, 5.74) is 6.56. The van der Waals surface area contributed by atoms with E-state index in [2.05, 4.69) is 0 Å². The molecule has 0 saturated carbocycles. The van der Waals surface area contributed by atoms with Crippen LogP contribution in [-0.4, -0.2) is 51.2 Å². The second-order valence-electron chi connectivity index (χ2n) is 5.10. The second kappa shape index (κ2) is 5.67. The first kappa shape index (κ1) is 14.4. The van der Waals surface area contributed by atoms with E-state index in [1.165, 1.54) is 16.7 Å². The fourth-order valence-corrected chi connectivity index (χ4v) is 3.84. The van der Waals surface area contributed by atoms with Crippen LogP contribution < -0.4 is 5.73 Å². The van der Waals surface area contributed by atoms with Crippen molar-refractivity contribution in [2.45, 2.75) is 30.2 Å². The normalized spacial score (nSPS) is 31.3. The number of nitrogens with two attached hydrogens (primary N) is 1. The first-order valence-electron chi connectivity index (χ1n) is 6.67. The van der Waals surface area contributed by atoms with Crippen molar-refractivity contribution in [1.82, 2.24) is 4.90 Å². The fourth-order valence-electron chi connectivity index (χ4n) is 2.55. The zero-order valence-corrected chi connectivity index (χ0v) is 12.0. The average molecular weight is 308 g/mol. The van der Waals surface area contributed by atoms with Crippen molar-refractivity contribution in [2.75, 3.05) is 5.75 Å². The number of aliphatic hydroxyl groups is 1. The van der Waals surface area contributed by atoms with Crippen molar-refractivity contribution in [3.8, 4) is 0 Å². The molecule has 2 saturated heterocycles. The Hall–Kier alpha value is -1.57. The number of nitrogens with zero attached hydrogens (tertiary/aromatic N) is 1. The van der Waals surface area contributed by atoms with Crippen LogP contribution in [0.15, 0.2) is 30.3 Å². The van der Waals surface area contributed by atoms with Crippen LogP contribution in [-0.2, 0) is 20.9 Å². The van der Waals surface area contributed by atoms with Crippen LogP contribution in [0.1, 0.15) is 5.56 Å². The number of fused-ring (bicyclic) bond motifs is 1. The molecule has 2 unspecified atom stereocenters. The zero-order valence-electron chi connectivity index (χ0n) is 11.2. The van der Waals surface area contributed by atoms with Gasteiger partial charge in [0.2, 0.25) is 5.91 Å². The quantitative estimate of drug-likeness (QED) is 0.588. The molecule has 3 rings (SSSR count). The first-order valence-corrected chi connectivity index (χ1v) is 7.72. The fraction of sp³-hybridized carbons (Fsp3) is 0.429. The van der Waals surface area contributed by atoms with Gasteiger partial charge >= 0.3 is 5.97 Å². The smallest absolute Gasteiger partial charge is 0.331 e. The van der Waals surface area contributed by atoms with E-state index in [1.807, 2.05) is 30.3 Å². The highest BCUT2D eigenvalue weighted by Gasteiger charge is 2.56. The number of hydrogen-bond acceptors (Lipinski definition) is 6. The molecule has 0 spiro atoms. The number of hydrogen-bond donors (Lipinski definition) is 2. The molecule has 4 atom stereocenters. The Kier molecular flexibility index (Phi) is 3.88. The lowest BCUT2D eigenvalue weighted by Gasteiger charge is -2.52. The number of ether oxygens (including phenoxy) is 1. The molecular weight excluding hydrogens is 292 g/mol. The number of thioether (sulfide) groups is 1. The van der Waals surface area contributed by atoms with Crippen LogP contribution in [0.25, 0.3) is 0 Å². The zero-order chi connectivity index (χ0) is 15.0. The maximum atomic E-state index is 12.2. The van der Waals surface area contributed by atoms with E-state index in [-0.39, 0.29) is 17.9 Å². The lowest BCUT2D eigenvalue weighted by molar-refractivity contribution is -0.170. The summed E-state index contributed by atoms with van der Waals surface area (Å²) in [5, 5.41) is 9.77. The number of carbonyl (C=O) groups is 2. The molecule has 0 aromatic heterocycles. The lowest BCUT2D eigenvalue weighted by Crippen LogP contribution is -2.75. The van der Waals surface area contributed by atoms with Crippen LogP contribution in [0.5, 0.6) is 0 Å². The molecule has 3 N–H and O–H groups in total. The minimum Gasteiger partial charge on any atom is -0.459 e. The standard InChI is InChI=1S/C14H16N2O4S/c15-10-12(18)16-11(9(17)7-21-13(10)16)14(19)20-6-8-4-2-1-3-5-8/h1-5,9-11,13,17H,6-7,15H2/t9?,10-,11?,13-/m1/s1. The van der Waals surface area contributed by atoms with Gasteiger partial charge in [-0.25, -0.2) is 4.79 Å². The van der Waals surface area contributed by atoms with Crippen molar-refractivity contribution in [3.63, 3.8) is 0 Å². The molecule has 2 aliphatic rings. The third kappa shape index (κ3) is 2.52. The van der Waals surface area contributed by atoms with Crippen molar-refractivity contribution >= 4 is 23.6 Å². The summed E-state index contributed by atoms with van der Waals surface area (Å²) in [5.74, 6) is -0.530. The summed E-state index contributed by atoms with van der Waals surface area (Å²) in [7, 11) is 0. The number of benzene rings is 1. The van der Waals surface area contributed by atoms with Crippen LogP contribution >= 0.6 is 11.8 Å². The summed E-state index contributed by atoms with van der Waals surface area (Å²) in [6, 6.07) is 7.71. The highest BCUT2D eigenvalue weighted by Crippen LogP contribution is 2.37. The third-order valence-corrected chi connectivity index (χ3v) is 5.08. The molecule has 21 heavy (non-hydrogen) atoms. The predicted octanol–water partition coefficient (Wildman–Crippen LogP) is -0.298. The maximum absolute atomic E-state index is 12.2. The van der Waals surface area contributed by atoms with Crippen LogP contribution in [0.2, 0.25) is 0 Å². The van der Waals surface area contributed by atoms with Crippen molar-refractivity contribution < 1.29 is 19.4 Å². The number of carbonyl (C=O) groups excluding carboxylic acids is 2. The molecule has 7 heteroatoms. The molecule has 0 radical (unpaired) electrons. The number of esters is 1. The Bertz CT molecular complexity index is 553. The molecule has 1 aromatic carbocycles. The van der Waals surface area contributed by atoms with Crippen molar-refractivity contribution in [2.24, 2.45) is 5.73 Å². The molecule has 2 aliphatic heterocycles. The van der Waals surface area contributed by atoms with Gasteiger partial charge in [0.25, 0.3) is 0 Å². The number of amides is 1. The van der Waals surface area contributed by atoms with Gasteiger partial charge in [-0.15, -0.1) is 11.8 Å². The average Bonchev–Trinajstić information content (AvgIpc) is 2.52. The van der Waals surface area contributed by atoms with Crippen molar-refractivity contribution in [3.05, 3.63) is 35.9 Å². The monoisotopic (exact) mass is 308 g/mol. The Morgan fingerprint density at radius 2 is 2.14 bits per heavy atom. The Balaban J connectivity index is 1.66. The van der Waals surface area contributed by atoms with Gasteiger partial charge in [0.05, 0.1) is 6.10 Å². The van der Waals surface area contributed by atoms with Gasteiger partial charge < -0.3 is 20.5 Å². The second-order valence-corrected chi connectivity index (χ2v) is 6.25. The summed E-state index contributed by atoms with van der Waals surface area (Å²) in [6.07, 6.45) is -0.925. The predicted molar refractivity (Wildman–Crippen MR) is 77.1 cm³/mol. The first-order chi connectivity index (χ1) is 10.1. The van der Waals surface area contributed by atoms with E-state index in [0.717, 1.165) is 5.56 Å². The molecule has 2 fully saturated rings. The summed E-state index contributed by atoms with van der Waals surface area (Å²) in [6.45, 7) is 0.120. The summed E-state index contributed by atoms with van der Waals surface area (Å²) >= 11 is 1.39. The number of aliphatic hydroxyl groups excluding tert-OH is 1. The third-order valence-electron chi connectivity index (χ3n) is 3.69. The summed E-state index contributed by atoms with van der Waals surface area (Å²) in [4.78, 5) is 25.3. The van der Waals surface area contributed by atoms with Gasteiger partial charge in [-0.2, -0.15) is 0 Å². The lowest BCUT2D eigenvalue weighted by atomic mass is 10.0. The van der Waals surface area contributed by atoms with E-state index >= 15 is 0 Å². The number of rotatable bonds is 3. The minimum atomic E-state index is -0.952. The molecule has 2 heterocycles. The van der Waals surface area contributed by atoms with Gasteiger partial charge in [0.15, 0.2) is 6.04 Å². The maximum Gasteiger partial charge on any atom is 0.331 e. The Morgan fingerprint density at radius 1 is 1.43 bits per heavy atom. The van der Waals surface area contributed by atoms with Gasteiger partial charge in [-0.3, -0.25) is 4.79 Å². The van der Waals surface area contributed by atoms with Gasteiger partial charge in [-0.1, -0.05) is 30.3 Å². The van der Waals surface area contributed by atoms with Crippen LogP contribution in [0.3, 0.4) is 0 Å². The molecule has 112 valence electrons. The largest absolute Gasteiger partial charge is 0.459 e. The van der Waals surface area contributed by atoms with E-state index in [0.29, 0.717) is 5.75 Å². The SMILES string of the molecule is N[C@@H]1C(=O)N2C(C(=O)OCc3ccccc3)C(O)CS[C@H]12. The summed E-state index contributed by atoms with van der Waals surface area (Å²) < 4.78 is 5.23. The van der Waals surface area contributed by atoms with Crippen LogP contribution in [0, 0.1) is 0 Å². The van der Waals surface area contributed by atoms with Gasteiger partial charge in [0.1, 0.15) is 18.0 Å². The molecule has 0 aliphatic carbocycles. The van der Waals surface area contributed by atoms with E-state index in [9.17, 15) is 14.7 Å². The molecule has 0 bridgehead atoms. The van der Waals surface area contributed by atoms with Crippen LogP contribution in [0.4, 0.5) is 0 Å². The number of β-lactam (4-membered cyclic amide) rings is 1. The highest BCUT2D eigenvalue weighted by molar-refractivity contribution is 8.00. The van der Waals surface area contributed by atoms with E-state index in [4.69, 9.17) is 10.5 Å². The van der Waals surface area contributed by atoms with E-state index < -0.39 is 24.2 Å². The van der Waals surface area contributed by atoms with Gasteiger partial charge in [-0.05, 0) is 5.56 Å². The highest BCUT2D eigenvalue weighted by atomic mass is 32.2. The van der Waals surface area contributed by atoms with Gasteiger partial charge in [0, 0.05) is 5.75 Å². The Labute approximate surface area is 126 Å². The minimum absolute atomic E-state index is 0.120. The molecule has 1 aromatic rings. The molecule has 6 nitrogen and oxygen atoms in total. The topological polar surface area (TPSA) is 92.9 Å². The van der Waals surface area contributed by atoms with Crippen molar-refractivity contribution in [1.29, 1.82) is 0 Å². The molecular formula is C14H16N2O4S. The van der Waals surface area contributed by atoms with E-state index in [1.54, 1.807) is 0 Å². The molecule has 1 amide bonds. The Morgan fingerprint density at radius 3 is 2.86 bits per heavy atom.